The summed E-state index contributed by atoms with van der Waals surface area (Å²) in [6.45, 7) is 0.0973. The lowest BCUT2D eigenvalue weighted by Gasteiger charge is -2.22. The molecule has 1 fully saturated rings. The molecule has 2 aliphatic heterocycles. The number of carbonyl (C=O) groups excluding carboxylic acids is 2. The van der Waals surface area contributed by atoms with E-state index in [-0.39, 0.29) is 18.1 Å². The molecule has 0 spiro atoms. The summed E-state index contributed by atoms with van der Waals surface area (Å²) in [4.78, 5) is 26.3. The number of hydrogen-bond acceptors (Lipinski definition) is 6. The van der Waals surface area contributed by atoms with Crippen molar-refractivity contribution in [3.8, 4) is 17.2 Å². The zero-order valence-electron chi connectivity index (χ0n) is 14.8. The fourth-order valence-corrected chi connectivity index (χ4v) is 3.40. The van der Waals surface area contributed by atoms with Gasteiger partial charge in [-0.25, -0.2) is 0 Å². The maximum absolute atomic E-state index is 12.6. The van der Waals surface area contributed by atoms with Gasteiger partial charge in [0.25, 0.3) is 11.7 Å². The topological polar surface area (TPSA) is 85.3 Å². The van der Waals surface area contributed by atoms with Gasteiger partial charge in [0.2, 0.25) is 6.79 Å². The lowest BCUT2D eigenvalue weighted by molar-refractivity contribution is -0.139. The predicted octanol–water partition coefficient (Wildman–Crippen LogP) is 2.48. The van der Waals surface area contributed by atoms with Gasteiger partial charge in [-0.2, -0.15) is 0 Å². The van der Waals surface area contributed by atoms with Gasteiger partial charge >= 0.3 is 0 Å². The molecule has 0 aliphatic carbocycles. The number of methoxy groups -OCH3 is 1. The maximum Gasteiger partial charge on any atom is 0.295 e. The van der Waals surface area contributed by atoms with Crippen molar-refractivity contribution in [2.24, 2.45) is 0 Å². The Labute approximate surface area is 155 Å². The number of amides is 1. The number of fused-ring (bicyclic) bond motifs is 1. The first kappa shape index (κ1) is 17.0. The van der Waals surface area contributed by atoms with Gasteiger partial charge in [0.15, 0.2) is 11.5 Å². The van der Waals surface area contributed by atoms with E-state index in [1.807, 2.05) is 0 Å². The van der Waals surface area contributed by atoms with E-state index in [2.05, 4.69) is 0 Å². The Morgan fingerprint density at radius 1 is 1.15 bits per heavy atom. The number of rotatable bonds is 3. The van der Waals surface area contributed by atoms with Crippen LogP contribution in [0.5, 0.6) is 17.2 Å². The number of aliphatic hydroxyl groups excluding tert-OH is 1. The maximum atomic E-state index is 12.6. The van der Waals surface area contributed by atoms with E-state index in [4.69, 9.17) is 14.2 Å². The molecule has 1 unspecified atom stereocenters. The lowest BCUT2D eigenvalue weighted by atomic mass is 9.94. The molecule has 1 saturated heterocycles. The van der Waals surface area contributed by atoms with Crippen molar-refractivity contribution in [1.29, 1.82) is 0 Å². The molecule has 2 heterocycles. The Morgan fingerprint density at radius 3 is 2.67 bits per heavy atom. The largest absolute Gasteiger partial charge is 0.507 e. The third-order valence-corrected chi connectivity index (χ3v) is 4.75. The number of nitrogens with zero attached hydrogens (tertiary/aromatic N) is 1. The fourth-order valence-electron chi connectivity index (χ4n) is 3.40. The standard InChI is InChI=1S/C20H17NO6/c1-21-17(12-5-3-4-6-13(12)25-2)16(19(23)20(21)24)18(22)11-7-8-14-15(9-11)27-10-26-14/h3-9,17,22H,10H2,1-2H3/b18-16+. The lowest BCUT2D eigenvalue weighted by Crippen LogP contribution is -2.25. The van der Waals surface area contributed by atoms with Crippen LogP contribution < -0.4 is 14.2 Å². The van der Waals surface area contributed by atoms with Crippen molar-refractivity contribution in [1.82, 2.24) is 4.90 Å². The van der Waals surface area contributed by atoms with Gasteiger partial charge in [-0.1, -0.05) is 18.2 Å². The monoisotopic (exact) mass is 367 g/mol. The van der Waals surface area contributed by atoms with E-state index in [0.717, 1.165) is 0 Å². The van der Waals surface area contributed by atoms with Crippen LogP contribution in [0.1, 0.15) is 17.2 Å². The van der Waals surface area contributed by atoms with E-state index in [1.165, 1.54) is 19.1 Å². The van der Waals surface area contributed by atoms with Gasteiger partial charge in [-0.3, -0.25) is 9.59 Å². The quantitative estimate of drug-likeness (QED) is 0.510. The second-order valence-electron chi connectivity index (χ2n) is 6.22. The van der Waals surface area contributed by atoms with Crippen molar-refractivity contribution in [2.75, 3.05) is 21.0 Å². The second kappa shape index (κ2) is 6.35. The van der Waals surface area contributed by atoms with Crippen LogP contribution in [0.15, 0.2) is 48.0 Å². The molecule has 4 rings (SSSR count). The number of para-hydroxylation sites is 1. The van der Waals surface area contributed by atoms with Crippen LogP contribution in [0.25, 0.3) is 5.76 Å². The summed E-state index contributed by atoms with van der Waals surface area (Å²) in [7, 11) is 3.04. The smallest absolute Gasteiger partial charge is 0.295 e. The first-order valence-electron chi connectivity index (χ1n) is 8.30. The molecule has 1 atom stereocenters. The molecule has 0 radical (unpaired) electrons. The Hall–Kier alpha value is -3.48. The number of aliphatic hydroxyl groups is 1. The third kappa shape index (κ3) is 2.59. The van der Waals surface area contributed by atoms with Crippen LogP contribution in [0.2, 0.25) is 0 Å². The van der Waals surface area contributed by atoms with Gasteiger partial charge in [-0.05, 0) is 24.3 Å². The van der Waals surface area contributed by atoms with E-state index in [9.17, 15) is 14.7 Å². The van der Waals surface area contributed by atoms with E-state index >= 15 is 0 Å². The minimum Gasteiger partial charge on any atom is -0.507 e. The van der Waals surface area contributed by atoms with E-state index in [0.29, 0.717) is 28.4 Å². The average Bonchev–Trinajstić information content (AvgIpc) is 3.25. The Bertz CT molecular complexity index is 980. The van der Waals surface area contributed by atoms with Crippen molar-refractivity contribution in [3.05, 3.63) is 59.2 Å². The summed E-state index contributed by atoms with van der Waals surface area (Å²) >= 11 is 0. The van der Waals surface area contributed by atoms with E-state index in [1.54, 1.807) is 42.5 Å². The number of Topliss-reactive ketones (excluding diaryl/α,β-unsaturated/α-hetero) is 1. The highest BCUT2D eigenvalue weighted by Crippen LogP contribution is 2.42. The molecule has 2 aliphatic rings. The normalized spacial score (nSPS) is 20.2. The molecule has 1 amide bonds. The van der Waals surface area contributed by atoms with Crippen LogP contribution in [-0.2, 0) is 9.59 Å². The minimum atomic E-state index is -0.758. The summed E-state index contributed by atoms with van der Waals surface area (Å²) in [5, 5.41) is 10.9. The van der Waals surface area contributed by atoms with Gasteiger partial charge in [0.1, 0.15) is 11.5 Å². The molecule has 27 heavy (non-hydrogen) atoms. The molecule has 0 aromatic heterocycles. The van der Waals surface area contributed by atoms with E-state index < -0.39 is 17.7 Å². The average molecular weight is 367 g/mol. The van der Waals surface area contributed by atoms with Gasteiger partial charge < -0.3 is 24.2 Å². The molecular weight excluding hydrogens is 350 g/mol. The Balaban J connectivity index is 1.88. The van der Waals surface area contributed by atoms with Crippen LogP contribution in [0.4, 0.5) is 0 Å². The third-order valence-electron chi connectivity index (χ3n) is 4.75. The molecule has 0 bridgehead atoms. The SMILES string of the molecule is COc1ccccc1C1/C(=C(\O)c2ccc3c(c2)OCO3)C(=O)C(=O)N1C. The molecule has 7 nitrogen and oxygen atoms in total. The number of ether oxygens (including phenoxy) is 3. The summed E-state index contributed by atoms with van der Waals surface area (Å²) in [5.74, 6) is -0.154. The predicted molar refractivity (Wildman–Crippen MR) is 95.6 cm³/mol. The zero-order chi connectivity index (χ0) is 19.1. The number of benzene rings is 2. The van der Waals surface area contributed by atoms with Gasteiger partial charge in [-0.15, -0.1) is 0 Å². The second-order valence-corrected chi connectivity index (χ2v) is 6.22. The Morgan fingerprint density at radius 2 is 1.89 bits per heavy atom. The van der Waals surface area contributed by atoms with Gasteiger partial charge in [0, 0.05) is 18.2 Å². The first-order valence-corrected chi connectivity index (χ1v) is 8.30. The Kier molecular flexibility index (Phi) is 3.99. The molecule has 2 aromatic rings. The number of carbonyl (C=O) groups is 2. The molecule has 0 saturated carbocycles. The number of likely N-dealkylation sites (N-methyl/N-ethyl adjacent to an activating group) is 1. The number of likely N-dealkylation sites (tertiary alicyclic amines) is 1. The molecule has 138 valence electrons. The minimum absolute atomic E-state index is 0.00543. The highest BCUT2D eigenvalue weighted by atomic mass is 16.7. The van der Waals surface area contributed by atoms with Crippen molar-refractivity contribution < 1.29 is 28.9 Å². The van der Waals surface area contributed by atoms with Crippen LogP contribution in [0, 0.1) is 0 Å². The van der Waals surface area contributed by atoms with Crippen LogP contribution in [0.3, 0.4) is 0 Å². The van der Waals surface area contributed by atoms with Crippen LogP contribution in [-0.4, -0.2) is 42.6 Å². The highest BCUT2D eigenvalue weighted by molar-refractivity contribution is 6.46. The fraction of sp³-hybridized carbons (Fsp3) is 0.200. The van der Waals surface area contributed by atoms with Gasteiger partial charge in [0.05, 0.1) is 18.7 Å². The highest BCUT2D eigenvalue weighted by Gasteiger charge is 2.45. The summed E-state index contributed by atoms with van der Waals surface area (Å²) in [6.07, 6.45) is 0. The molecule has 7 heteroatoms. The first-order chi connectivity index (χ1) is 13.0. The molecule has 1 N–H and O–H groups in total. The summed E-state index contributed by atoms with van der Waals surface area (Å²) < 4.78 is 16.0. The summed E-state index contributed by atoms with van der Waals surface area (Å²) in [5.41, 5.74) is 0.987. The number of ketones is 1. The zero-order valence-corrected chi connectivity index (χ0v) is 14.8. The summed E-state index contributed by atoms with van der Waals surface area (Å²) in [6, 6.07) is 11.2. The van der Waals surface area contributed by atoms with Crippen molar-refractivity contribution in [2.45, 2.75) is 6.04 Å². The molecule has 2 aromatic carbocycles. The van der Waals surface area contributed by atoms with Crippen molar-refractivity contribution >= 4 is 17.4 Å². The molecular formula is C20H17NO6. The number of hydrogen-bond donors (Lipinski definition) is 1. The van der Waals surface area contributed by atoms with Crippen molar-refractivity contribution in [3.63, 3.8) is 0 Å². The van der Waals surface area contributed by atoms with Crippen LogP contribution >= 0.6 is 0 Å².